The highest BCUT2D eigenvalue weighted by atomic mass is 32.1. The minimum atomic E-state index is 0.126. The van der Waals surface area contributed by atoms with Gasteiger partial charge in [0.15, 0.2) is 0 Å². The van der Waals surface area contributed by atoms with Gasteiger partial charge in [-0.1, -0.05) is 26.1 Å². The maximum Gasteiger partial charge on any atom is 0.236 e. The molecule has 0 spiro atoms. The van der Waals surface area contributed by atoms with Crippen LogP contribution in [0.3, 0.4) is 0 Å². The smallest absolute Gasteiger partial charge is 0.236 e. The molecule has 1 amide bonds. The van der Waals surface area contributed by atoms with Gasteiger partial charge in [0.1, 0.15) is 0 Å². The number of nitrogens with zero attached hydrogens (tertiary/aromatic N) is 3. The normalized spacial score (nSPS) is 11.4. The van der Waals surface area contributed by atoms with Crippen molar-refractivity contribution in [3.8, 4) is 0 Å². The molecule has 0 rings (SSSR count). The topological polar surface area (TPSA) is 52.8 Å². The second-order valence-electron chi connectivity index (χ2n) is 5.96. The van der Waals surface area contributed by atoms with Crippen LogP contribution in [0.2, 0.25) is 0 Å². The Morgan fingerprint density at radius 2 is 1.75 bits per heavy atom. The maximum absolute atomic E-state index is 12.2. The van der Waals surface area contributed by atoms with Crippen molar-refractivity contribution in [1.82, 2.24) is 14.7 Å². The Hall–Kier alpha value is -0.720. The Labute approximate surface area is 129 Å². The second kappa shape index (κ2) is 10.1. The van der Waals surface area contributed by atoms with E-state index in [2.05, 4.69) is 23.6 Å². The lowest BCUT2D eigenvalue weighted by atomic mass is 10.2. The zero-order chi connectivity index (χ0) is 15.7. The molecule has 0 radical (unpaired) electrons. The molecule has 20 heavy (non-hydrogen) atoms. The summed E-state index contributed by atoms with van der Waals surface area (Å²) in [6.07, 6.45) is 0.583. The Bertz CT molecular complexity index is 308. The van der Waals surface area contributed by atoms with Crippen molar-refractivity contribution in [1.29, 1.82) is 0 Å². The van der Waals surface area contributed by atoms with Gasteiger partial charge in [-0.3, -0.25) is 9.69 Å². The summed E-state index contributed by atoms with van der Waals surface area (Å²) < 4.78 is 0. The van der Waals surface area contributed by atoms with Crippen molar-refractivity contribution < 1.29 is 4.79 Å². The van der Waals surface area contributed by atoms with Gasteiger partial charge in [-0.05, 0) is 20.0 Å². The molecule has 0 aromatic carbocycles. The molecule has 0 aromatic heterocycles. The van der Waals surface area contributed by atoms with Gasteiger partial charge in [-0.2, -0.15) is 0 Å². The average Bonchev–Trinajstić information content (AvgIpc) is 2.31. The first-order valence-electron chi connectivity index (χ1n) is 7.11. The Kier molecular flexibility index (Phi) is 9.71. The van der Waals surface area contributed by atoms with Crippen LogP contribution in [0.1, 0.15) is 20.3 Å². The summed E-state index contributed by atoms with van der Waals surface area (Å²) in [6, 6.07) is 0. The summed E-state index contributed by atoms with van der Waals surface area (Å²) in [6.45, 7) is 8.18. The zero-order valence-corrected chi connectivity index (χ0v) is 14.4. The molecule has 0 saturated carbocycles. The molecule has 0 bridgehead atoms. The fourth-order valence-electron chi connectivity index (χ4n) is 1.81. The van der Waals surface area contributed by atoms with Crippen LogP contribution in [-0.2, 0) is 4.79 Å². The van der Waals surface area contributed by atoms with Crippen LogP contribution in [0.4, 0.5) is 0 Å². The number of hydrogen-bond acceptors (Lipinski definition) is 4. The molecule has 0 aliphatic rings. The molecule has 0 unspecified atom stereocenters. The van der Waals surface area contributed by atoms with Crippen molar-refractivity contribution in [2.75, 3.05) is 53.9 Å². The molecule has 0 aliphatic carbocycles. The minimum Gasteiger partial charge on any atom is -0.393 e. The molecule has 6 heteroatoms. The molecule has 5 nitrogen and oxygen atoms in total. The average molecular weight is 302 g/mol. The van der Waals surface area contributed by atoms with Gasteiger partial charge in [0, 0.05) is 39.6 Å². The molecule has 0 aromatic rings. The number of hydrogen-bond donors (Lipinski definition) is 1. The van der Waals surface area contributed by atoms with Crippen molar-refractivity contribution in [2.45, 2.75) is 20.3 Å². The van der Waals surface area contributed by atoms with E-state index in [4.69, 9.17) is 18.0 Å². The van der Waals surface area contributed by atoms with Gasteiger partial charge in [0.2, 0.25) is 5.91 Å². The van der Waals surface area contributed by atoms with E-state index in [1.54, 1.807) is 11.9 Å². The predicted molar refractivity (Wildman–Crippen MR) is 88.9 cm³/mol. The largest absolute Gasteiger partial charge is 0.393 e. The molecule has 0 atom stereocenters. The number of likely N-dealkylation sites (N-methyl/N-ethyl adjacent to an activating group) is 2. The van der Waals surface area contributed by atoms with Gasteiger partial charge < -0.3 is 15.5 Å². The van der Waals surface area contributed by atoms with Gasteiger partial charge in [-0.25, -0.2) is 0 Å². The lowest BCUT2D eigenvalue weighted by molar-refractivity contribution is -0.131. The fourth-order valence-corrected chi connectivity index (χ4v) is 1.90. The number of rotatable bonds is 10. The molecular formula is C14H30N4OS. The van der Waals surface area contributed by atoms with Crippen LogP contribution in [-0.4, -0.2) is 79.5 Å². The van der Waals surface area contributed by atoms with Gasteiger partial charge in [0.05, 0.1) is 11.5 Å². The molecule has 0 aliphatic heterocycles. The monoisotopic (exact) mass is 302 g/mol. The fraction of sp³-hybridized carbons (Fsp3) is 0.857. The van der Waals surface area contributed by atoms with E-state index in [0.717, 1.165) is 19.6 Å². The first kappa shape index (κ1) is 19.3. The second-order valence-corrected chi connectivity index (χ2v) is 6.49. The highest BCUT2D eigenvalue weighted by Crippen LogP contribution is 2.01. The highest BCUT2D eigenvalue weighted by Gasteiger charge is 2.15. The summed E-state index contributed by atoms with van der Waals surface area (Å²) in [7, 11) is 5.90. The molecule has 2 N–H and O–H groups in total. The van der Waals surface area contributed by atoms with Crippen molar-refractivity contribution in [3.63, 3.8) is 0 Å². The van der Waals surface area contributed by atoms with Crippen LogP contribution in [0, 0.1) is 5.92 Å². The minimum absolute atomic E-state index is 0.126. The molecule has 0 saturated heterocycles. The van der Waals surface area contributed by atoms with E-state index in [9.17, 15) is 4.79 Å². The lowest BCUT2D eigenvalue weighted by Crippen LogP contribution is -2.43. The first-order valence-corrected chi connectivity index (χ1v) is 7.52. The van der Waals surface area contributed by atoms with E-state index >= 15 is 0 Å². The maximum atomic E-state index is 12.2. The van der Waals surface area contributed by atoms with Crippen molar-refractivity contribution >= 4 is 23.1 Å². The van der Waals surface area contributed by atoms with Crippen LogP contribution < -0.4 is 5.73 Å². The van der Waals surface area contributed by atoms with Gasteiger partial charge >= 0.3 is 0 Å². The number of carbonyl (C=O) groups is 1. The number of amides is 1. The standard InChI is InChI=1S/C14H30N4OS/c1-12(2)10-18(9-8-16(3)4)11-14(19)17(5)7-6-13(15)20/h12H,6-11H2,1-5H3,(H2,15,20). The summed E-state index contributed by atoms with van der Waals surface area (Å²) in [5.74, 6) is 0.674. The Morgan fingerprint density at radius 3 is 2.20 bits per heavy atom. The molecule has 118 valence electrons. The Balaban J connectivity index is 4.31. The molecule has 0 heterocycles. The van der Waals surface area contributed by atoms with E-state index in [0.29, 0.717) is 30.4 Å². The van der Waals surface area contributed by atoms with Gasteiger partial charge in [-0.15, -0.1) is 0 Å². The van der Waals surface area contributed by atoms with E-state index in [-0.39, 0.29) is 5.91 Å². The van der Waals surface area contributed by atoms with E-state index < -0.39 is 0 Å². The van der Waals surface area contributed by atoms with Crippen molar-refractivity contribution in [3.05, 3.63) is 0 Å². The third kappa shape index (κ3) is 10.1. The lowest BCUT2D eigenvalue weighted by Gasteiger charge is -2.27. The van der Waals surface area contributed by atoms with Gasteiger partial charge in [0.25, 0.3) is 0 Å². The Morgan fingerprint density at radius 1 is 1.15 bits per heavy atom. The van der Waals surface area contributed by atoms with Crippen LogP contribution in [0.5, 0.6) is 0 Å². The number of thiocarbonyl (C=S) groups is 1. The highest BCUT2D eigenvalue weighted by molar-refractivity contribution is 7.80. The summed E-state index contributed by atoms with van der Waals surface area (Å²) in [4.78, 5) is 18.7. The summed E-state index contributed by atoms with van der Waals surface area (Å²) in [5.41, 5.74) is 5.47. The van der Waals surface area contributed by atoms with Crippen LogP contribution in [0.25, 0.3) is 0 Å². The quantitative estimate of drug-likeness (QED) is 0.600. The van der Waals surface area contributed by atoms with Crippen LogP contribution >= 0.6 is 12.2 Å². The number of carbonyl (C=O) groups excluding carboxylic acids is 1. The van der Waals surface area contributed by atoms with Crippen LogP contribution in [0.15, 0.2) is 0 Å². The molecular weight excluding hydrogens is 272 g/mol. The predicted octanol–water partition coefficient (Wildman–Crippen LogP) is 0.641. The summed E-state index contributed by atoms with van der Waals surface area (Å²) in [5, 5.41) is 0. The SMILES string of the molecule is CC(C)CN(CCN(C)C)CC(=O)N(C)CCC(N)=S. The molecule has 0 fully saturated rings. The zero-order valence-electron chi connectivity index (χ0n) is 13.6. The third-order valence-electron chi connectivity index (χ3n) is 2.97. The third-order valence-corrected chi connectivity index (χ3v) is 3.17. The number of nitrogens with two attached hydrogens (primary N) is 1. The summed E-state index contributed by atoms with van der Waals surface area (Å²) >= 11 is 4.84. The van der Waals surface area contributed by atoms with E-state index in [1.807, 2.05) is 14.1 Å². The van der Waals surface area contributed by atoms with E-state index in [1.165, 1.54) is 0 Å². The van der Waals surface area contributed by atoms with Crippen molar-refractivity contribution in [2.24, 2.45) is 11.7 Å². The first-order chi connectivity index (χ1) is 9.22.